The van der Waals surface area contributed by atoms with E-state index in [0.717, 1.165) is 29.3 Å². The van der Waals surface area contributed by atoms with Crippen LogP contribution >= 0.6 is 0 Å². The number of pyridine rings is 1. The largest absolute Gasteiger partial charge is 0.417 e. The molecule has 0 aliphatic rings. The van der Waals surface area contributed by atoms with Crippen molar-refractivity contribution in [3.05, 3.63) is 71.2 Å². The lowest BCUT2D eigenvalue weighted by atomic mass is 10.0. The molecule has 0 atom stereocenters. The Kier molecular flexibility index (Phi) is 4.49. The molecule has 5 nitrogen and oxygen atoms in total. The molecule has 2 aromatic heterocycles. The smallest absolute Gasteiger partial charge is 0.294 e. The summed E-state index contributed by atoms with van der Waals surface area (Å²) >= 11 is 0. The molecule has 3 aromatic rings. The molecule has 134 valence electrons. The van der Waals surface area contributed by atoms with Crippen molar-refractivity contribution < 1.29 is 26.7 Å². The average Bonchev–Trinajstić information content (AvgIpc) is 3.02. The maximum absolute atomic E-state index is 13.7. The third kappa shape index (κ3) is 3.58. The zero-order chi connectivity index (χ0) is 18.9. The Labute approximate surface area is 143 Å². The van der Waals surface area contributed by atoms with E-state index in [1.807, 2.05) is 0 Å². The van der Waals surface area contributed by atoms with Gasteiger partial charge < -0.3 is 0 Å². The molecule has 0 spiro atoms. The van der Waals surface area contributed by atoms with Crippen LogP contribution in [0.25, 0.3) is 5.82 Å². The number of Topliss-reactive ketones (excluding diaryl/α,β-unsaturated/α-hetero) is 1. The number of benzene rings is 1. The van der Waals surface area contributed by atoms with Crippen molar-refractivity contribution in [2.24, 2.45) is 0 Å². The van der Waals surface area contributed by atoms with Crippen LogP contribution in [0.15, 0.2) is 42.7 Å². The molecule has 0 fully saturated rings. The molecule has 0 bridgehead atoms. The molecule has 0 radical (unpaired) electrons. The van der Waals surface area contributed by atoms with E-state index in [1.54, 1.807) is 0 Å². The second-order valence-electron chi connectivity index (χ2n) is 5.23. The van der Waals surface area contributed by atoms with E-state index >= 15 is 0 Å². The van der Waals surface area contributed by atoms with Crippen LogP contribution in [0, 0.1) is 11.6 Å². The Bertz CT molecular complexity index is 967. The highest BCUT2D eigenvalue weighted by molar-refractivity contribution is 5.98. The fourth-order valence-corrected chi connectivity index (χ4v) is 2.27. The molecule has 0 unspecified atom stereocenters. The molecule has 0 amide bonds. The van der Waals surface area contributed by atoms with E-state index in [1.165, 1.54) is 12.1 Å². The van der Waals surface area contributed by atoms with Gasteiger partial charge in [-0.1, -0.05) is 18.2 Å². The molecule has 0 saturated carbocycles. The maximum atomic E-state index is 13.7. The number of carbonyl (C=O) groups is 1. The first-order valence-corrected chi connectivity index (χ1v) is 7.18. The Morgan fingerprint density at radius 1 is 1.12 bits per heavy atom. The third-order valence-electron chi connectivity index (χ3n) is 3.39. The zero-order valence-corrected chi connectivity index (χ0v) is 12.8. The standard InChI is InChI=1S/C16H9F5N4O/c17-9-5-13(18)15(22-7-9)25-23-8-10(24-25)6-14(26)11-3-1-2-4-12(11)16(19,20)21/h1-5,7-8H,6H2. The van der Waals surface area contributed by atoms with Gasteiger partial charge in [-0.05, 0) is 6.07 Å². The molecular formula is C16H9F5N4O. The molecular weight excluding hydrogens is 359 g/mol. The van der Waals surface area contributed by atoms with Gasteiger partial charge in [-0.15, -0.1) is 4.80 Å². The lowest BCUT2D eigenvalue weighted by Crippen LogP contribution is -2.14. The molecule has 2 heterocycles. The Hall–Kier alpha value is -3.17. The van der Waals surface area contributed by atoms with Crippen molar-refractivity contribution in [1.82, 2.24) is 20.0 Å². The number of halogens is 5. The highest BCUT2D eigenvalue weighted by atomic mass is 19.4. The van der Waals surface area contributed by atoms with E-state index in [-0.39, 0.29) is 5.69 Å². The summed E-state index contributed by atoms with van der Waals surface area (Å²) in [5, 5.41) is 7.51. The normalized spacial score (nSPS) is 11.6. The number of nitrogens with zero attached hydrogens (tertiary/aromatic N) is 4. The lowest BCUT2D eigenvalue weighted by Gasteiger charge is -2.11. The highest BCUT2D eigenvalue weighted by Gasteiger charge is 2.34. The van der Waals surface area contributed by atoms with Crippen molar-refractivity contribution in [3.8, 4) is 5.82 Å². The molecule has 0 aliphatic carbocycles. The van der Waals surface area contributed by atoms with Crippen molar-refractivity contribution in [1.29, 1.82) is 0 Å². The zero-order valence-electron chi connectivity index (χ0n) is 12.8. The van der Waals surface area contributed by atoms with Crippen LogP contribution in [-0.2, 0) is 12.6 Å². The van der Waals surface area contributed by atoms with Crippen molar-refractivity contribution in [2.75, 3.05) is 0 Å². The van der Waals surface area contributed by atoms with E-state index in [9.17, 15) is 26.7 Å². The van der Waals surface area contributed by atoms with Crippen molar-refractivity contribution >= 4 is 5.78 Å². The minimum Gasteiger partial charge on any atom is -0.294 e. The van der Waals surface area contributed by atoms with Gasteiger partial charge >= 0.3 is 6.18 Å². The van der Waals surface area contributed by atoms with Crippen LogP contribution in [0.1, 0.15) is 21.6 Å². The second-order valence-corrected chi connectivity index (χ2v) is 5.23. The monoisotopic (exact) mass is 368 g/mol. The average molecular weight is 368 g/mol. The minimum atomic E-state index is -4.68. The number of hydrogen-bond donors (Lipinski definition) is 0. The number of rotatable bonds is 4. The Morgan fingerprint density at radius 2 is 1.85 bits per heavy atom. The Morgan fingerprint density at radius 3 is 2.54 bits per heavy atom. The number of carbonyl (C=O) groups excluding carboxylic acids is 1. The first kappa shape index (κ1) is 17.6. The number of alkyl halides is 3. The van der Waals surface area contributed by atoms with Crippen molar-refractivity contribution in [3.63, 3.8) is 0 Å². The van der Waals surface area contributed by atoms with Gasteiger partial charge in [0.25, 0.3) is 0 Å². The van der Waals surface area contributed by atoms with Crippen LogP contribution in [0.4, 0.5) is 22.0 Å². The summed E-state index contributed by atoms with van der Waals surface area (Å²) < 4.78 is 65.5. The Balaban J connectivity index is 1.85. The summed E-state index contributed by atoms with van der Waals surface area (Å²) in [7, 11) is 0. The lowest BCUT2D eigenvalue weighted by molar-refractivity contribution is -0.137. The molecule has 0 N–H and O–H groups in total. The van der Waals surface area contributed by atoms with Gasteiger partial charge in [-0.25, -0.2) is 13.8 Å². The first-order valence-electron chi connectivity index (χ1n) is 7.18. The fraction of sp³-hybridized carbons (Fsp3) is 0.125. The fourth-order valence-electron chi connectivity index (χ4n) is 2.27. The summed E-state index contributed by atoms with van der Waals surface area (Å²) in [6, 6.07) is 4.95. The number of aromatic nitrogens is 4. The quantitative estimate of drug-likeness (QED) is 0.523. The molecule has 10 heteroatoms. The van der Waals surface area contributed by atoms with Crippen molar-refractivity contribution in [2.45, 2.75) is 12.6 Å². The van der Waals surface area contributed by atoms with Gasteiger partial charge in [-0.2, -0.15) is 23.4 Å². The summed E-state index contributed by atoms with van der Waals surface area (Å²) in [4.78, 5) is 16.5. The van der Waals surface area contributed by atoms with Crippen LogP contribution < -0.4 is 0 Å². The molecule has 3 rings (SSSR count). The van der Waals surface area contributed by atoms with Gasteiger partial charge in [-0.3, -0.25) is 4.79 Å². The molecule has 1 aromatic carbocycles. The summed E-state index contributed by atoms with van der Waals surface area (Å²) in [5.41, 5.74) is -1.54. The topological polar surface area (TPSA) is 60.7 Å². The second kappa shape index (κ2) is 6.62. The van der Waals surface area contributed by atoms with Crippen LogP contribution in [0.3, 0.4) is 0 Å². The molecule has 26 heavy (non-hydrogen) atoms. The van der Waals surface area contributed by atoms with Crippen LogP contribution in [0.5, 0.6) is 0 Å². The van der Waals surface area contributed by atoms with Gasteiger partial charge in [0.15, 0.2) is 11.6 Å². The molecule has 0 saturated heterocycles. The van der Waals surface area contributed by atoms with Gasteiger partial charge in [0.1, 0.15) is 5.82 Å². The predicted molar refractivity (Wildman–Crippen MR) is 78.5 cm³/mol. The number of ketones is 1. The van der Waals surface area contributed by atoms with E-state index in [2.05, 4.69) is 15.2 Å². The SMILES string of the molecule is O=C(Cc1cnn(-c2ncc(F)cc2F)n1)c1ccccc1C(F)(F)F. The maximum Gasteiger partial charge on any atom is 0.417 e. The predicted octanol–water partition coefficient (Wildman–Crippen LogP) is 3.38. The summed E-state index contributed by atoms with van der Waals surface area (Å²) in [6.45, 7) is 0. The highest BCUT2D eigenvalue weighted by Crippen LogP contribution is 2.32. The first-order chi connectivity index (χ1) is 12.3. The minimum absolute atomic E-state index is 0.0116. The van der Waals surface area contributed by atoms with E-state index in [0.29, 0.717) is 6.07 Å². The van der Waals surface area contributed by atoms with Gasteiger partial charge in [0, 0.05) is 11.6 Å². The van der Waals surface area contributed by atoms with Gasteiger partial charge in [0.2, 0.25) is 5.82 Å². The van der Waals surface area contributed by atoms with E-state index < -0.39 is 47.0 Å². The molecule has 0 aliphatic heterocycles. The van der Waals surface area contributed by atoms with Gasteiger partial charge in [0.05, 0.1) is 30.1 Å². The third-order valence-corrected chi connectivity index (χ3v) is 3.39. The number of hydrogen-bond acceptors (Lipinski definition) is 4. The van der Waals surface area contributed by atoms with Crippen LogP contribution in [-0.4, -0.2) is 25.8 Å². The van der Waals surface area contributed by atoms with Crippen LogP contribution in [0.2, 0.25) is 0 Å². The summed E-state index contributed by atoms with van der Waals surface area (Å²) in [5.74, 6) is -3.14. The van der Waals surface area contributed by atoms with E-state index in [4.69, 9.17) is 0 Å². The summed E-state index contributed by atoms with van der Waals surface area (Å²) in [6.07, 6.45) is -3.30.